The van der Waals surface area contributed by atoms with E-state index in [0.29, 0.717) is 17.0 Å². The Hall–Kier alpha value is -2.70. The van der Waals surface area contributed by atoms with Gasteiger partial charge in [0, 0.05) is 6.20 Å². The summed E-state index contributed by atoms with van der Waals surface area (Å²) in [6, 6.07) is 13.3. The first-order chi connectivity index (χ1) is 11.1. The number of hydrogen-bond donors (Lipinski definition) is 4. The van der Waals surface area contributed by atoms with Crippen LogP contribution in [-0.2, 0) is 4.79 Å². The number of carbonyl (C=O) groups is 1. The molecular weight excluding hydrogens is 294 g/mol. The van der Waals surface area contributed by atoms with Crippen LogP contribution in [0, 0.1) is 0 Å². The Kier molecular flexibility index (Phi) is 5.85. The number of nitrogens with zero attached hydrogens (tertiary/aromatic N) is 1. The zero-order valence-electron chi connectivity index (χ0n) is 12.5. The first-order valence-corrected chi connectivity index (χ1v) is 7.14. The molecule has 0 aliphatic rings. The Morgan fingerprint density at radius 1 is 1.17 bits per heavy atom. The van der Waals surface area contributed by atoms with Crippen molar-refractivity contribution in [3.63, 3.8) is 0 Å². The second kappa shape index (κ2) is 8.07. The smallest absolute Gasteiger partial charge is 0.322 e. The van der Waals surface area contributed by atoms with Crippen LogP contribution in [0.4, 0.5) is 5.82 Å². The average Bonchev–Trinajstić information content (AvgIpc) is 2.59. The quantitative estimate of drug-likeness (QED) is 0.440. The summed E-state index contributed by atoms with van der Waals surface area (Å²) >= 11 is 0. The van der Waals surface area contributed by atoms with Gasteiger partial charge in [0.05, 0.1) is 6.10 Å². The molecule has 0 radical (unpaired) electrons. The molecule has 1 aromatic carbocycles. The van der Waals surface area contributed by atoms with Gasteiger partial charge in [0.15, 0.2) is 0 Å². The number of carboxylic acid groups (broad SMARTS) is 1. The Bertz CT molecular complexity index is 647. The molecule has 0 fully saturated rings. The van der Waals surface area contributed by atoms with Crippen LogP contribution in [0.1, 0.15) is 18.1 Å². The number of pyridine rings is 1. The van der Waals surface area contributed by atoms with Gasteiger partial charge in [-0.05, 0) is 29.7 Å². The number of aliphatic carboxylic acids is 1. The number of aromatic nitrogens is 1. The maximum absolute atomic E-state index is 11.4. The van der Waals surface area contributed by atoms with E-state index in [2.05, 4.69) is 22.4 Å². The fourth-order valence-electron chi connectivity index (χ4n) is 2.04. The lowest BCUT2D eigenvalue weighted by molar-refractivity contribution is -0.139. The molecule has 23 heavy (non-hydrogen) atoms. The molecule has 2 aromatic rings. The van der Waals surface area contributed by atoms with Crippen LogP contribution in [0.25, 0.3) is 0 Å². The predicted octanol–water partition coefficient (Wildman–Crippen LogP) is 2.13. The van der Waals surface area contributed by atoms with Crippen molar-refractivity contribution in [1.82, 2.24) is 10.4 Å². The highest BCUT2D eigenvalue weighted by Gasteiger charge is 2.22. The van der Waals surface area contributed by atoms with Crippen molar-refractivity contribution in [3.05, 3.63) is 72.4 Å². The summed E-state index contributed by atoms with van der Waals surface area (Å²) in [6.07, 6.45) is 0.762. The minimum atomic E-state index is -1.05. The molecule has 2 atom stereocenters. The van der Waals surface area contributed by atoms with Crippen LogP contribution >= 0.6 is 0 Å². The lowest BCUT2D eigenvalue weighted by Crippen LogP contribution is -2.41. The summed E-state index contributed by atoms with van der Waals surface area (Å²) in [4.78, 5) is 15.4. The van der Waals surface area contributed by atoms with Crippen LogP contribution in [0.15, 0.2) is 66.9 Å². The first kappa shape index (κ1) is 16.7. The number of rotatable bonds is 8. The molecule has 120 valence electrons. The molecule has 0 spiro atoms. The average molecular weight is 313 g/mol. The van der Waals surface area contributed by atoms with Crippen molar-refractivity contribution in [3.8, 4) is 0 Å². The number of aliphatic hydroxyl groups excluding tert-OH is 1. The second-order valence-electron chi connectivity index (χ2n) is 5.05. The van der Waals surface area contributed by atoms with E-state index < -0.39 is 18.1 Å². The summed E-state index contributed by atoms with van der Waals surface area (Å²) in [5.41, 5.74) is 6.53. The molecule has 6 heteroatoms. The van der Waals surface area contributed by atoms with Crippen LogP contribution < -0.4 is 10.9 Å². The van der Waals surface area contributed by atoms with Crippen molar-refractivity contribution in [2.75, 3.05) is 5.43 Å². The SMILES string of the molecule is C=C(CC(NNc1ccccn1)C(=O)O)C(O)c1ccccc1. The maximum atomic E-state index is 11.4. The number of anilines is 1. The summed E-state index contributed by atoms with van der Waals surface area (Å²) in [6.45, 7) is 3.81. The normalized spacial score (nSPS) is 13.1. The Morgan fingerprint density at radius 2 is 1.87 bits per heavy atom. The third-order valence-corrected chi connectivity index (χ3v) is 3.31. The van der Waals surface area contributed by atoms with Gasteiger partial charge >= 0.3 is 5.97 Å². The lowest BCUT2D eigenvalue weighted by Gasteiger charge is -2.20. The molecule has 1 aromatic heterocycles. The minimum absolute atomic E-state index is 0.0746. The minimum Gasteiger partial charge on any atom is -0.480 e. The third kappa shape index (κ3) is 4.91. The summed E-state index contributed by atoms with van der Waals surface area (Å²) in [5.74, 6) is -0.539. The molecule has 1 heterocycles. The Labute approximate surface area is 134 Å². The van der Waals surface area contributed by atoms with Crippen molar-refractivity contribution >= 4 is 11.8 Å². The highest BCUT2D eigenvalue weighted by Crippen LogP contribution is 2.23. The maximum Gasteiger partial charge on any atom is 0.322 e. The molecule has 4 N–H and O–H groups in total. The van der Waals surface area contributed by atoms with Gasteiger partial charge in [-0.25, -0.2) is 10.4 Å². The van der Waals surface area contributed by atoms with E-state index in [1.807, 2.05) is 6.07 Å². The predicted molar refractivity (Wildman–Crippen MR) is 87.6 cm³/mol. The highest BCUT2D eigenvalue weighted by atomic mass is 16.4. The first-order valence-electron chi connectivity index (χ1n) is 7.14. The Balaban J connectivity index is 1.96. The van der Waals surface area contributed by atoms with Crippen LogP contribution in [0.5, 0.6) is 0 Å². The van der Waals surface area contributed by atoms with Gasteiger partial charge in [0.25, 0.3) is 0 Å². The number of nitrogens with one attached hydrogen (secondary N) is 2. The largest absolute Gasteiger partial charge is 0.480 e. The summed E-state index contributed by atoms with van der Waals surface area (Å²) in [5, 5.41) is 19.6. The van der Waals surface area contributed by atoms with Gasteiger partial charge in [0.2, 0.25) is 0 Å². The molecule has 0 bridgehead atoms. The van der Waals surface area contributed by atoms with Gasteiger partial charge in [0.1, 0.15) is 11.9 Å². The van der Waals surface area contributed by atoms with E-state index in [-0.39, 0.29) is 6.42 Å². The number of benzene rings is 1. The van der Waals surface area contributed by atoms with Crippen LogP contribution in [-0.4, -0.2) is 27.2 Å². The lowest BCUT2D eigenvalue weighted by atomic mass is 9.97. The summed E-state index contributed by atoms with van der Waals surface area (Å²) < 4.78 is 0. The summed E-state index contributed by atoms with van der Waals surface area (Å²) in [7, 11) is 0. The van der Waals surface area contributed by atoms with E-state index in [0.717, 1.165) is 0 Å². The van der Waals surface area contributed by atoms with E-state index in [4.69, 9.17) is 0 Å². The topological polar surface area (TPSA) is 94.5 Å². The second-order valence-corrected chi connectivity index (χ2v) is 5.05. The number of hydrazine groups is 1. The van der Waals surface area contributed by atoms with Crippen molar-refractivity contribution in [2.45, 2.75) is 18.6 Å². The molecule has 2 unspecified atom stereocenters. The number of hydrogen-bond acceptors (Lipinski definition) is 5. The fraction of sp³-hybridized carbons (Fsp3) is 0.176. The van der Waals surface area contributed by atoms with E-state index >= 15 is 0 Å². The van der Waals surface area contributed by atoms with Gasteiger partial charge in [-0.15, -0.1) is 0 Å². The van der Waals surface area contributed by atoms with Gasteiger partial charge in [-0.1, -0.05) is 43.0 Å². The van der Waals surface area contributed by atoms with Crippen molar-refractivity contribution in [2.24, 2.45) is 0 Å². The van der Waals surface area contributed by atoms with Crippen LogP contribution in [0.2, 0.25) is 0 Å². The molecule has 0 saturated carbocycles. The van der Waals surface area contributed by atoms with E-state index in [1.165, 1.54) is 0 Å². The zero-order chi connectivity index (χ0) is 16.7. The monoisotopic (exact) mass is 313 g/mol. The third-order valence-electron chi connectivity index (χ3n) is 3.31. The van der Waals surface area contributed by atoms with Gasteiger partial charge < -0.3 is 15.6 Å². The van der Waals surface area contributed by atoms with Gasteiger partial charge in [-0.2, -0.15) is 0 Å². The number of carboxylic acids is 1. The molecular formula is C17H19N3O3. The zero-order valence-corrected chi connectivity index (χ0v) is 12.5. The van der Waals surface area contributed by atoms with Gasteiger partial charge in [-0.3, -0.25) is 4.79 Å². The molecule has 0 aliphatic carbocycles. The Morgan fingerprint density at radius 3 is 2.48 bits per heavy atom. The highest BCUT2D eigenvalue weighted by molar-refractivity contribution is 5.74. The van der Waals surface area contributed by atoms with Crippen molar-refractivity contribution in [1.29, 1.82) is 0 Å². The standard InChI is InChI=1S/C17H19N3O3/c1-12(16(21)13-7-3-2-4-8-13)11-14(17(22)23)19-20-15-9-5-6-10-18-15/h2-10,14,16,19,21H,1,11H2,(H,18,20)(H,22,23). The molecule has 0 aliphatic heterocycles. The molecule has 2 rings (SSSR count). The molecule has 0 saturated heterocycles. The van der Waals surface area contributed by atoms with Crippen LogP contribution in [0.3, 0.4) is 0 Å². The molecule has 6 nitrogen and oxygen atoms in total. The van der Waals surface area contributed by atoms with E-state index in [9.17, 15) is 15.0 Å². The van der Waals surface area contributed by atoms with Crippen molar-refractivity contribution < 1.29 is 15.0 Å². The van der Waals surface area contributed by atoms with E-state index in [1.54, 1.807) is 48.7 Å². The fourth-order valence-corrected chi connectivity index (χ4v) is 2.04. The number of aliphatic hydroxyl groups is 1. The molecule has 0 amide bonds.